The molecule has 1 fully saturated rings. The highest BCUT2D eigenvalue weighted by molar-refractivity contribution is 7.08. The molecule has 0 spiro atoms. The molecule has 1 aliphatic rings. The molecule has 1 aromatic heterocycles. The van der Waals surface area contributed by atoms with Crippen LogP contribution >= 0.6 is 11.3 Å². The average Bonchev–Trinajstić information content (AvgIpc) is 3.01. The lowest BCUT2D eigenvalue weighted by molar-refractivity contribution is -0.183. The lowest BCUT2D eigenvalue weighted by Gasteiger charge is -2.39. The van der Waals surface area contributed by atoms with Crippen molar-refractivity contribution < 1.29 is 19.4 Å². The van der Waals surface area contributed by atoms with Crippen LogP contribution in [0, 0.1) is 0 Å². The molecule has 0 unspecified atom stereocenters. The Morgan fingerprint density at radius 2 is 2.00 bits per heavy atom. The van der Waals surface area contributed by atoms with Crippen LogP contribution < -0.4 is 0 Å². The highest BCUT2D eigenvalue weighted by Crippen LogP contribution is 2.25. The first-order valence-electron chi connectivity index (χ1n) is 6.88. The summed E-state index contributed by atoms with van der Waals surface area (Å²) in [5.74, 6) is -0.482. The normalized spacial score (nSPS) is 20.1. The number of esters is 1. The van der Waals surface area contributed by atoms with Gasteiger partial charge in [0.2, 0.25) is 0 Å². The number of ether oxygens (including phenoxy) is 1. The Morgan fingerprint density at radius 1 is 1.27 bits per heavy atom. The fraction of sp³-hybridized carbons (Fsp3) is 0.250. The van der Waals surface area contributed by atoms with Crippen molar-refractivity contribution in [3.63, 3.8) is 0 Å². The predicted molar refractivity (Wildman–Crippen MR) is 82.7 cm³/mol. The highest BCUT2D eigenvalue weighted by atomic mass is 32.1. The van der Waals surface area contributed by atoms with Gasteiger partial charge in [-0.3, -0.25) is 4.90 Å². The first kappa shape index (κ1) is 14.6. The standard InChI is InChI=1S/C16H15NO4S/c1-10-14(15(18)21-10)17(16(19)20)8-11-2-4-12(5-3-11)13-6-7-22-9-13/h2-7,9-10,14H,8H2,1H3,(H,19,20)/t10-,14+/m0/s1. The molecule has 2 heterocycles. The van der Waals surface area contributed by atoms with Crippen LogP contribution in [0.5, 0.6) is 0 Å². The molecule has 22 heavy (non-hydrogen) atoms. The van der Waals surface area contributed by atoms with Gasteiger partial charge in [0.15, 0.2) is 6.04 Å². The smallest absolute Gasteiger partial charge is 0.408 e. The predicted octanol–water partition coefficient (Wildman–Crippen LogP) is 3.21. The van der Waals surface area contributed by atoms with E-state index in [2.05, 4.69) is 5.38 Å². The van der Waals surface area contributed by atoms with Gasteiger partial charge in [-0.05, 0) is 40.4 Å². The Morgan fingerprint density at radius 3 is 2.50 bits per heavy atom. The zero-order valence-corrected chi connectivity index (χ0v) is 12.7. The number of nitrogens with zero attached hydrogens (tertiary/aromatic N) is 1. The minimum absolute atomic E-state index is 0.170. The van der Waals surface area contributed by atoms with Crippen molar-refractivity contribution in [1.29, 1.82) is 0 Å². The zero-order valence-electron chi connectivity index (χ0n) is 11.9. The Balaban J connectivity index is 1.76. The van der Waals surface area contributed by atoms with Crippen LogP contribution in [0.2, 0.25) is 0 Å². The lowest BCUT2D eigenvalue weighted by Crippen LogP contribution is -2.59. The summed E-state index contributed by atoms with van der Waals surface area (Å²) in [4.78, 5) is 24.0. The molecule has 1 saturated heterocycles. The molecule has 0 radical (unpaired) electrons. The van der Waals surface area contributed by atoms with E-state index in [0.717, 1.165) is 21.6 Å². The molecule has 6 heteroatoms. The Bertz CT molecular complexity index is 681. The lowest BCUT2D eigenvalue weighted by atomic mass is 10.0. The number of rotatable bonds is 4. The fourth-order valence-corrected chi connectivity index (χ4v) is 3.20. The van der Waals surface area contributed by atoms with Gasteiger partial charge >= 0.3 is 12.1 Å². The third-order valence-corrected chi connectivity index (χ3v) is 4.41. The SMILES string of the molecule is C[C@@H]1OC(=O)[C@@H]1N(Cc1ccc(-c2ccsc2)cc1)C(=O)O. The average molecular weight is 317 g/mol. The molecule has 1 aliphatic heterocycles. The van der Waals surface area contributed by atoms with E-state index in [1.54, 1.807) is 18.3 Å². The van der Waals surface area contributed by atoms with E-state index >= 15 is 0 Å². The minimum atomic E-state index is -1.12. The number of carbonyl (C=O) groups is 2. The summed E-state index contributed by atoms with van der Waals surface area (Å²) >= 11 is 1.63. The summed E-state index contributed by atoms with van der Waals surface area (Å²) in [6.45, 7) is 1.87. The molecule has 0 saturated carbocycles. The molecular weight excluding hydrogens is 302 g/mol. The largest absolute Gasteiger partial charge is 0.465 e. The molecule has 5 nitrogen and oxygen atoms in total. The number of amides is 1. The summed E-state index contributed by atoms with van der Waals surface area (Å²) < 4.78 is 4.85. The molecule has 1 N–H and O–H groups in total. The molecule has 1 amide bonds. The molecule has 114 valence electrons. The van der Waals surface area contributed by atoms with E-state index < -0.39 is 24.2 Å². The van der Waals surface area contributed by atoms with E-state index in [1.165, 1.54) is 0 Å². The van der Waals surface area contributed by atoms with Crippen LogP contribution in [-0.2, 0) is 16.1 Å². The second-order valence-corrected chi connectivity index (χ2v) is 5.99. The van der Waals surface area contributed by atoms with Gasteiger partial charge in [-0.25, -0.2) is 9.59 Å². The zero-order chi connectivity index (χ0) is 15.7. The minimum Gasteiger partial charge on any atom is -0.465 e. The van der Waals surface area contributed by atoms with Crippen molar-refractivity contribution in [2.75, 3.05) is 0 Å². The number of carboxylic acid groups (broad SMARTS) is 1. The number of carbonyl (C=O) groups excluding carboxylic acids is 1. The Hall–Kier alpha value is -2.34. The van der Waals surface area contributed by atoms with Crippen molar-refractivity contribution in [3.8, 4) is 11.1 Å². The van der Waals surface area contributed by atoms with Crippen LogP contribution in [0.4, 0.5) is 4.79 Å². The third kappa shape index (κ3) is 2.69. The van der Waals surface area contributed by atoms with Crippen molar-refractivity contribution in [2.45, 2.75) is 25.6 Å². The number of cyclic esters (lactones) is 1. The summed E-state index contributed by atoms with van der Waals surface area (Å²) in [7, 11) is 0. The van der Waals surface area contributed by atoms with Gasteiger partial charge in [-0.15, -0.1) is 0 Å². The third-order valence-electron chi connectivity index (χ3n) is 3.73. The maximum atomic E-state index is 11.5. The van der Waals surface area contributed by atoms with Crippen molar-refractivity contribution >= 4 is 23.4 Å². The van der Waals surface area contributed by atoms with Crippen LogP contribution in [0.15, 0.2) is 41.1 Å². The monoisotopic (exact) mass is 317 g/mol. The number of hydrogen-bond acceptors (Lipinski definition) is 4. The molecule has 3 rings (SSSR count). The van der Waals surface area contributed by atoms with E-state index in [4.69, 9.17) is 4.74 Å². The summed E-state index contributed by atoms with van der Waals surface area (Å²) in [6, 6.07) is 9.01. The summed E-state index contributed by atoms with van der Waals surface area (Å²) in [5.41, 5.74) is 3.07. The fourth-order valence-electron chi connectivity index (χ4n) is 2.53. The van der Waals surface area contributed by atoms with Gasteiger partial charge in [0.1, 0.15) is 6.10 Å². The van der Waals surface area contributed by atoms with Crippen LogP contribution in [0.25, 0.3) is 11.1 Å². The van der Waals surface area contributed by atoms with E-state index in [9.17, 15) is 14.7 Å². The number of hydrogen-bond donors (Lipinski definition) is 1. The quantitative estimate of drug-likeness (QED) is 0.879. The first-order chi connectivity index (χ1) is 10.6. The van der Waals surface area contributed by atoms with Gasteiger partial charge in [0.25, 0.3) is 0 Å². The molecule has 2 aromatic rings. The molecule has 1 aromatic carbocycles. The molecule has 0 bridgehead atoms. The second-order valence-electron chi connectivity index (χ2n) is 5.21. The molecule has 0 aliphatic carbocycles. The van der Waals surface area contributed by atoms with Crippen molar-refractivity contribution in [1.82, 2.24) is 4.90 Å². The van der Waals surface area contributed by atoms with E-state index in [-0.39, 0.29) is 6.54 Å². The number of thiophene rings is 1. The second kappa shape index (κ2) is 5.81. The molecule has 2 atom stereocenters. The van der Waals surface area contributed by atoms with Crippen molar-refractivity contribution in [2.24, 2.45) is 0 Å². The Labute approximate surface area is 131 Å². The maximum absolute atomic E-state index is 11.5. The number of benzene rings is 1. The van der Waals surface area contributed by atoms with Crippen LogP contribution in [0.3, 0.4) is 0 Å². The van der Waals surface area contributed by atoms with Gasteiger partial charge in [-0.2, -0.15) is 11.3 Å². The van der Waals surface area contributed by atoms with Crippen LogP contribution in [0.1, 0.15) is 12.5 Å². The molecular formula is C16H15NO4S. The van der Waals surface area contributed by atoms with Gasteiger partial charge in [-0.1, -0.05) is 24.3 Å². The topological polar surface area (TPSA) is 66.8 Å². The van der Waals surface area contributed by atoms with Gasteiger partial charge < -0.3 is 9.84 Å². The highest BCUT2D eigenvalue weighted by Gasteiger charge is 2.45. The first-order valence-corrected chi connectivity index (χ1v) is 7.82. The van der Waals surface area contributed by atoms with Crippen LogP contribution in [-0.4, -0.2) is 34.2 Å². The maximum Gasteiger partial charge on any atom is 0.408 e. The van der Waals surface area contributed by atoms with Gasteiger partial charge in [0, 0.05) is 0 Å². The van der Waals surface area contributed by atoms with E-state index in [1.807, 2.05) is 35.7 Å². The summed E-state index contributed by atoms with van der Waals surface area (Å²) in [5, 5.41) is 13.4. The van der Waals surface area contributed by atoms with Gasteiger partial charge in [0.05, 0.1) is 6.54 Å². The van der Waals surface area contributed by atoms with E-state index in [0.29, 0.717) is 0 Å². The van der Waals surface area contributed by atoms with Crippen molar-refractivity contribution in [3.05, 3.63) is 46.7 Å². The summed E-state index contributed by atoms with van der Waals surface area (Å²) in [6.07, 6.45) is -1.51. The Kier molecular flexibility index (Phi) is 3.85.